The van der Waals surface area contributed by atoms with E-state index in [-0.39, 0.29) is 18.8 Å². The maximum atomic E-state index is 13.8. The summed E-state index contributed by atoms with van der Waals surface area (Å²) in [6.07, 6.45) is -1.96. The van der Waals surface area contributed by atoms with Crippen molar-refractivity contribution in [3.8, 4) is 11.1 Å². The Balaban J connectivity index is 1.93. The highest BCUT2D eigenvalue weighted by molar-refractivity contribution is 5.79. The SMILES string of the molecule is Cc1cc(C)c(CNC(=O)CC(O)CC(=O)OCOC(=O)C(C)(C)C)c(-c2ccc(F)c(C)c2)c1. The first-order chi connectivity index (χ1) is 16.3. The third kappa shape index (κ3) is 8.47. The van der Waals surface area contributed by atoms with Gasteiger partial charge in [0.15, 0.2) is 0 Å². The molecule has 0 aromatic heterocycles. The minimum atomic E-state index is -1.25. The van der Waals surface area contributed by atoms with E-state index in [0.29, 0.717) is 5.56 Å². The quantitative estimate of drug-likeness (QED) is 0.405. The van der Waals surface area contributed by atoms with Crippen molar-refractivity contribution >= 4 is 17.8 Å². The van der Waals surface area contributed by atoms with Crippen molar-refractivity contribution < 1.29 is 33.4 Å². The number of hydrogen-bond donors (Lipinski definition) is 2. The van der Waals surface area contributed by atoms with Gasteiger partial charge in [0.25, 0.3) is 0 Å². The summed E-state index contributed by atoms with van der Waals surface area (Å²) in [6, 6.07) is 8.88. The molecule has 0 fully saturated rings. The molecule has 0 aliphatic heterocycles. The number of ether oxygens (including phenoxy) is 2. The normalized spacial score (nSPS) is 12.1. The molecule has 0 aliphatic rings. The van der Waals surface area contributed by atoms with E-state index in [4.69, 9.17) is 9.47 Å². The molecule has 2 aromatic carbocycles. The van der Waals surface area contributed by atoms with Gasteiger partial charge in [0, 0.05) is 6.54 Å². The summed E-state index contributed by atoms with van der Waals surface area (Å²) in [5, 5.41) is 12.9. The Labute approximate surface area is 205 Å². The van der Waals surface area contributed by atoms with Gasteiger partial charge in [0.2, 0.25) is 12.7 Å². The van der Waals surface area contributed by atoms with Crippen molar-refractivity contribution in [1.82, 2.24) is 5.32 Å². The zero-order chi connectivity index (χ0) is 26.3. The van der Waals surface area contributed by atoms with Crippen LogP contribution in [0.3, 0.4) is 0 Å². The second kappa shape index (κ2) is 11.9. The van der Waals surface area contributed by atoms with Crippen LogP contribution in [0.2, 0.25) is 0 Å². The first-order valence-corrected chi connectivity index (χ1v) is 11.4. The first kappa shape index (κ1) is 28.0. The molecule has 0 bridgehead atoms. The van der Waals surface area contributed by atoms with E-state index in [1.54, 1.807) is 39.8 Å². The summed E-state index contributed by atoms with van der Waals surface area (Å²) >= 11 is 0. The number of aliphatic hydroxyl groups excluding tert-OH is 1. The van der Waals surface area contributed by atoms with E-state index in [1.165, 1.54) is 6.07 Å². The minimum absolute atomic E-state index is 0.205. The molecule has 190 valence electrons. The van der Waals surface area contributed by atoms with Crippen molar-refractivity contribution in [2.45, 2.75) is 67.0 Å². The number of amides is 1. The molecule has 0 aliphatic carbocycles. The summed E-state index contributed by atoms with van der Waals surface area (Å²) < 4.78 is 23.4. The van der Waals surface area contributed by atoms with Gasteiger partial charge in [0.05, 0.1) is 24.4 Å². The summed E-state index contributed by atoms with van der Waals surface area (Å²) in [5.41, 5.74) is 4.42. The van der Waals surface area contributed by atoms with Gasteiger partial charge in [-0.25, -0.2) is 4.39 Å². The predicted octanol–water partition coefficient (Wildman–Crippen LogP) is 4.27. The number of nitrogens with one attached hydrogen (secondary N) is 1. The fraction of sp³-hybridized carbons (Fsp3) is 0.444. The lowest BCUT2D eigenvalue weighted by molar-refractivity contribution is -0.174. The standard InChI is InChI=1S/C27H34FNO6/c1-16-9-17(2)22(21(10-16)19-7-8-23(28)18(3)11-19)14-29-24(31)12-20(30)13-25(32)34-15-35-26(33)27(4,5)6/h7-11,20,30H,12-15H2,1-6H3,(H,29,31). The summed E-state index contributed by atoms with van der Waals surface area (Å²) in [6.45, 7) is 10.3. The topological polar surface area (TPSA) is 102 Å². The number of carbonyl (C=O) groups excluding carboxylic acids is 3. The van der Waals surface area contributed by atoms with Crippen LogP contribution < -0.4 is 5.32 Å². The largest absolute Gasteiger partial charge is 0.428 e. The van der Waals surface area contributed by atoms with Gasteiger partial charge in [0.1, 0.15) is 5.82 Å². The molecule has 0 saturated carbocycles. The zero-order valence-electron chi connectivity index (χ0n) is 21.2. The molecule has 0 saturated heterocycles. The molecular formula is C27H34FNO6. The smallest absolute Gasteiger partial charge is 0.314 e. The molecule has 1 unspecified atom stereocenters. The van der Waals surface area contributed by atoms with Gasteiger partial charge in [-0.2, -0.15) is 0 Å². The lowest BCUT2D eigenvalue weighted by Crippen LogP contribution is -2.29. The maximum absolute atomic E-state index is 13.8. The Morgan fingerprint density at radius 3 is 2.31 bits per heavy atom. The number of rotatable bonds is 9. The molecular weight excluding hydrogens is 453 g/mol. The Morgan fingerprint density at radius 2 is 1.69 bits per heavy atom. The van der Waals surface area contributed by atoms with E-state index in [0.717, 1.165) is 27.8 Å². The van der Waals surface area contributed by atoms with Crippen LogP contribution in [0.4, 0.5) is 4.39 Å². The number of carbonyl (C=O) groups is 3. The molecule has 0 heterocycles. The van der Waals surface area contributed by atoms with Crippen molar-refractivity contribution in [3.05, 3.63) is 58.4 Å². The Morgan fingerprint density at radius 1 is 1.00 bits per heavy atom. The van der Waals surface area contributed by atoms with Crippen molar-refractivity contribution in [3.63, 3.8) is 0 Å². The van der Waals surface area contributed by atoms with Crippen LogP contribution in [0, 0.1) is 32.0 Å². The summed E-state index contributed by atoms with van der Waals surface area (Å²) in [5.74, 6) is -2.03. The Hall–Kier alpha value is -3.26. The first-order valence-electron chi connectivity index (χ1n) is 11.4. The predicted molar refractivity (Wildman–Crippen MR) is 130 cm³/mol. The lowest BCUT2D eigenvalue weighted by Gasteiger charge is -2.17. The van der Waals surface area contributed by atoms with E-state index in [1.807, 2.05) is 26.0 Å². The number of halogens is 1. The highest BCUT2D eigenvalue weighted by atomic mass is 19.1. The molecule has 2 N–H and O–H groups in total. The molecule has 1 atom stereocenters. The number of aliphatic hydroxyl groups is 1. The molecule has 1 amide bonds. The van der Waals surface area contributed by atoms with Gasteiger partial charge < -0.3 is 19.9 Å². The number of hydrogen-bond acceptors (Lipinski definition) is 6. The van der Waals surface area contributed by atoms with Gasteiger partial charge >= 0.3 is 11.9 Å². The molecule has 0 spiro atoms. The van der Waals surface area contributed by atoms with Gasteiger partial charge in [-0.15, -0.1) is 0 Å². The van der Waals surface area contributed by atoms with Crippen LogP contribution >= 0.6 is 0 Å². The van der Waals surface area contributed by atoms with Crippen molar-refractivity contribution in [2.24, 2.45) is 5.41 Å². The molecule has 2 rings (SSSR count). The van der Waals surface area contributed by atoms with Crippen LogP contribution in [0.25, 0.3) is 11.1 Å². The van der Waals surface area contributed by atoms with Crippen LogP contribution in [0.5, 0.6) is 0 Å². The lowest BCUT2D eigenvalue weighted by atomic mass is 9.92. The summed E-state index contributed by atoms with van der Waals surface area (Å²) in [7, 11) is 0. The summed E-state index contributed by atoms with van der Waals surface area (Å²) in [4.78, 5) is 35.9. The van der Waals surface area contributed by atoms with Gasteiger partial charge in [-0.1, -0.05) is 23.8 Å². The maximum Gasteiger partial charge on any atom is 0.314 e. The third-order valence-corrected chi connectivity index (χ3v) is 5.39. The highest BCUT2D eigenvalue weighted by Gasteiger charge is 2.24. The van der Waals surface area contributed by atoms with E-state index >= 15 is 0 Å². The average Bonchev–Trinajstić information content (AvgIpc) is 2.73. The third-order valence-electron chi connectivity index (χ3n) is 5.39. The van der Waals surface area contributed by atoms with Crippen molar-refractivity contribution in [1.29, 1.82) is 0 Å². The van der Waals surface area contributed by atoms with E-state index in [2.05, 4.69) is 5.32 Å². The van der Waals surface area contributed by atoms with Gasteiger partial charge in [-0.3, -0.25) is 14.4 Å². The molecule has 0 radical (unpaired) electrons. The molecule has 35 heavy (non-hydrogen) atoms. The number of esters is 2. The fourth-order valence-corrected chi connectivity index (χ4v) is 3.46. The van der Waals surface area contributed by atoms with Crippen LogP contribution in [-0.4, -0.2) is 35.8 Å². The second-order valence-corrected chi connectivity index (χ2v) is 9.73. The Kier molecular flexibility index (Phi) is 9.54. The van der Waals surface area contributed by atoms with E-state index in [9.17, 15) is 23.9 Å². The molecule has 2 aromatic rings. The van der Waals surface area contributed by atoms with E-state index < -0.39 is 42.6 Å². The zero-order valence-corrected chi connectivity index (χ0v) is 21.2. The average molecular weight is 488 g/mol. The van der Waals surface area contributed by atoms with Gasteiger partial charge in [-0.05, 0) is 81.5 Å². The fourth-order valence-electron chi connectivity index (χ4n) is 3.46. The number of aryl methyl sites for hydroxylation is 3. The number of benzene rings is 2. The van der Waals surface area contributed by atoms with Crippen LogP contribution in [0.15, 0.2) is 30.3 Å². The minimum Gasteiger partial charge on any atom is -0.428 e. The molecule has 7 nitrogen and oxygen atoms in total. The second-order valence-electron chi connectivity index (χ2n) is 9.73. The van der Waals surface area contributed by atoms with Crippen LogP contribution in [-0.2, 0) is 30.4 Å². The van der Waals surface area contributed by atoms with Crippen molar-refractivity contribution in [2.75, 3.05) is 6.79 Å². The molecule has 8 heteroatoms. The van der Waals surface area contributed by atoms with Crippen LogP contribution in [0.1, 0.15) is 55.9 Å². The monoisotopic (exact) mass is 487 g/mol. The highest BCUT2D eigenvalue weighted by Crippen LogP contribution is 2.29. The Bertz CT molecular complexity index is 1090.